The van der Waals surface area contributed by atoms with E-state index in [1.165, 1.54) is 0 Å². The van der Waals surface area contributed by atoms with Gasteiger partial charge in [-0.2, -0.15) is 22.0 Å². The van der Waals surface area contributed by atoms with Crippen LogP contribution in [0.2, 0.25) is 0 Å². The van der Waals surface area contributed by atoms with Gasteiger partial charge in [-0.1, -0.05) is 22.7 Å². The molecule has 0 saturated carbocycles. The van der Waals surface area contributed by atoms with Gasteiger partial charge in [0.05, 0.1) is 15.3 Å². The molecule has 2 aromatic rings. The van der Waals surface area contributed by atoms with E-state index in [0.29, 0.717) is 0 Å². The summed E-state index contributed by atoms with van der Waals surface area (Å²) >= 11 is -0.729. The minimum atomic E-state index is -2.15. The second kappa shape index (κ2) is 5.72. The lowest BCUT2D eigenvalue weighted by Crippen LogP contribution is -2.01. The smallest absolute Gasteiger partial charge is 0.365 e. The van der Waals surface area contributed by atoms with Crippen molar-refractivity contribution in [2.24, 2.45) is 0 Å². The van der Waals surface area contributed by atoms with Crippen LogP contribution in [0.15, 0.2) is 5.83 Å². The lowest BCUT2D eigenvalue weighted by molar-refractivity contribution is -0.134. The van der Waals surface area contributed by atoms with Gasteiger partial charge in [0.2, 0.25) is 27.7 Å². The van der Waals surface area contributed by atoms with E-state index in [4.69, 9.17) is 1.43 Å². The zero-order valence-corrected chi connectivity index (χ0v) is 11.4. The monoisotopic (exact) mass is 363 g/mol. The zero-order valence-electron chi connectivity index (χ0n) is 10.8. The minimum absolute atomic E-state index is 0.364. The molecule has 118 valence electrons. The maximum atomic E-state index is 13.9. The summed E-state index contributed by atoms with van der Waals surface area (Å²) in [6.07, 6.45) is 0. The Morgan fingerprint density at radius 1 is 0.864 bits per heavy atom. The first-order valence-corrected chi connectivity index (χ1v) is 6.68. The average molecular weight is 363 g/mol. The number of hydrogen-bond donors (Lipinski definition) is 1. The molecule has 0 aliphatic carbocycles. The molecule has 0 saturated heterocycles. The van der Waals surface area contributed by atoms with Crippen LogP contribution in [0.3, 0.4) is 0 Å². The molecule has 22 heavy (non-hydrogen) atoms. The first-order valence-electron chi connectivity index (χ1n) is 5.46. The highest BCUT2D eigenvalue weighted by molar-refractivity contribution is 7.14. The molecule has 0 aliphatic rings. The highest BCUT2D eigenvalue weighted by atomic mass is 32.1. The van der Waals surface area contributed by atoms with Crippen LogP contribution in [0.5, 0.6) is 0 Å². The van der Waals surface area contributed by atoms with Crippen molar-refractivity contribution in [3.63, 3.8) is 0 Å². The Kier molecular flexibility index (Phi) is 3.91. The molecular weight excluding hydrogens is 361 g/mol. The van der Waals surface area contributed by atoms with Crippen molar-refractivity contribution in [1.29, 1.82) is 1.43 Å². The largest absolute Gasteiger partial charge is 0.476 e. The Hall–Kier alpha value is -1.88. The van der Waals surface area contributed by atoms with E-state index in [1.54, 1.807) is 0 Å². The minimum Gasteiger partial charge on any atom is -0.476 e. The van der Waals surface area contributed by atoms with Crippen LogP contribution in [-0.2, 0) is 4.79 Å². The lowest BCUT2D eigenvalue weighted by atomic mass is 10.1. The van der Waals surface area contributed by atoms with E-state index in [0.717, 1.165) is 0 Å². The fourth-order valence-electron chi connectivity index (χ4n) is 1.46. The average Bonchev–Trinajstić information content (AvgIpc) is 2.92. The number of aliphatic carboxylic acids is 1. The normalized spacial score (nSPS) is 11.3. The molecule has 0 atom stereocenters. The van der Waals surface area contributed by atoms with Gasteiger partial charge in [0, 0.05) is 0 Å². The Labute approximate surface area is 126 Å². The van der Waals surface area contributed by atoms with Crippen molar-refractivity contribution < 1.29 is 40.6 Å². The Balaban J connectivity index is 2.84. The summed E-state index contributed by atoms with van der Waals surface area (Å²) in [5.41, 5.74) is -1.46. The topological polar surface area (TPSA) is 37.3 Å². The third-order valence-electron chi connectivity index (χ3n) is 2.37. The molecule has 0 fully saturated rings. The third kappa shape index (κ3) is 2.50. The molecule has 0 unspecified atom stereocenters. The van der Waals surface area contributed by atoms with Crippen molar-refractivity contribution in [1.82, 2.24) is 0 Å². The second-order valence-corrected chi connectivity index (χ2v) is 5.58. The summed E-state index contributed by atoms with van der Waals surface area (Å²) in [5.74, 6) is -12.3. The highest BCUT2D eigenvalue weighted by Gasteiger charge is 2.32. The van der Waals surface area contributed by atoms with Gasteiger partial charge < -0.3 is 5.11 Å². The van der Waals surface area contributed by atoms with Gasteiger partial charge in [0.1, 0.15) is 0 Å². The number of hydrogen-bond acceptors (Lipinski definition) is 4. The molecule has 2 heterocycles. The lowest BCUT2D eigenvalue weighted by Gasteiger charge is -2.03. The summed E-state index contributed by atoms with van der Waals surface area (Å²) < 4.78 is 99.8. The van der Waals surface area contributed by atoms with E-state index in [-0.39, 0.29) is 22.7 Å². The van der Waals surface area contributed by atoms with Crippen LogP contribution in [0, 0.1) is 33.5 Å². The van der Waals surface area contributed by atoms with Crippen LogP contribution in [0.4, 0.5) is 30.7 Å². The van der Waals surface area contributed by atoms with Crippen LogP contribution >= 0.6 is 22.7 Å². The fourth-order valence-corrected chi connectivity index (χ4v) is 3.18. The molecule has 1 N–H and O–H groups in total. The second-order valence-electron chi connectivity index (χ2n) is 3.64. The van der Waals surface area contributed by atoms with E-state index in [1.807, 2.05) is 0 Å². The molecule has 0 spiro atoms. The summed E-state index contributed by atoms with van der Waals surface area (Å²) in [6.45, 7) is 0. The van der Waals surface area contributed by atoms with E-state index >= 15 is 0 Å². The van der Waals surface area contributed by atoms with Crippen LogP contribution in [0.25, 0.3) is 7.00 Å². The van der Waals surface area contributed by atoms with E-state index < -0.39 is 60.7 Å². The van der Waals surface area contributed by atoms with Gasteiger partial charge in [-0.05, 0) is 0 Å². The van der Waals surface area contributed by atoms with Crippen LogP contribution < -0.4 is 0 Å². The summed E-state index contributed by atoms with van der Waals surface area (Å²) in [7, 11) is 0. The maximum Gasteiger partial charge on any atom is 0.365 e. The first-order chi connectivity index (χ1) is 10.7. The van der Waals surface area contributed by atoms with Gasteiger partial charge in [-0.15, -0.1) is 0 Å². The number of carboxylic acid groups (broad SMARTS) is 1. The van der Waals surface area contributed by atoms with Crippen molar-refractivity contribution in [2.45, 2.75) is 0 Å². The third-order valence-corrected chi connectivity index (χ3v) is 4.26. The number of carboxylic acids is 1. The number of rotatable bonds is 3. The molecule has 2 rings (SSSR count). The predicted octanol–water partition coefficient (Wildman–Crippen LogP) is 4.46. The molecular formula is C11HF7O2S2. The number of thiophene rings is 2. The molecule has 11 heteroatoms. The fraction of sp³-hybridized carbons (Fsp3) is 0. The Morgan fingerprint density at radius 3 is 1.55 bits per heavy atom. The van der Waals surface area contributed by atoms with Crippen molar-refractivity contribution in [2.75, 3.05) is 0 Å². The SMILES string of the molecule is [2H]OC(=O)C(F)=C(c1sc(F)c(F)c1F)c1sc(F)c(F)c1F. The molecule has 2 nitrogen and oxygen atoms in total. The molecule has 0 bridgehead atoms. The Morgan fingerprint density at radius 2 is 1.27 bits per heavy atom. The van der Waals surface area contributed by atoms with Crippen molar-refractivity contribution in [3.05, 3.63) is 49.1 Å². The van der Waals surface area contributed by atoms with Crippen LogP contribution in [-0.4, -0.2) is 11.1 Å². The first kappa shape index (κ1) is 15.0. The van der Waals surface area contributed by atoms with Gasteiger partial charge in [-0.25, -0.2) is 13.6 Å². The van der Waals surface area contributed by atoms with Crippen molar-refractivity contribution in [3.8, 4) is 0 Å². The summed E-state index contributed by atoms with van der Waals surface area (Å²) in [4.78, 5) is 8.53. The molecule has 0 aliphatic heterocycles. The van der Waals surface area contributed by atoms with Gasteiger partial charge in [0.25, 0.3) is 1.43 Å². The van der Waals surface area contributed by atoms with Crippen LogP contribution in [0.1, 0.15) is 9.75 Å². The van der Waals surface area contributed by atoms with Gasteiger partial charge in [0.15, 0.2) is 11.6 Å². The predicted molar refractivity (Wildman–Crippen MR) is 63.2 cm³/mol. The molecule has 0 radical (unpaired) electrons. The number of carbonyl (C=O) groups is 1. The van der Waals surface area contributed by atoms with Crippen molar-refractivity contribution >= 4 is 34.2 Å². The summed E-state index contributed by atoms with van der Waals surface area (Å²) in [6, 6.07) is 0. The molecule has 0 aromatic carbocycles. The summed E-state index contributed by atoms with van der Waals surface area (Å²) in [5, 5.41) is -0.271. The molecule has 0 amide bonds. The quantitative estimate of drug-likeness (QED) is 0.646. The maximum absolute atomic E-state index is 13.9. The van der Waals surface area contributed by atoms with Gasteiger partial charge in [-0.3, -0.25) is 0 Å². The standard InChI is InChI=1S/C11HF7O2S2/c12-2(11(19)20)1(7-3(13)5(15)9(17)21-7)8-4(14)6(16)10(18)22-8/h(H,19,20)/i/hD. The number of halogens is 7. The highest BCUT2D eigenvalue weighted by Crippen LogP contribution is 2.41. The molecule has 2 aromatic heterocycles. The van der Waals surface area contributed by atoms with Gasteiger partial charge >= 0.3 is 5.97 Å². The van der Waals surface area contributed by atoms with E-state index in [9.17, 15) is 35.5 Å². The Bertz CT molecular complexity index is 773. The zero-order chi connectivity index (χ0) is 17.5. The van der Waals surface area contributed by atoms with E-state index in [2.05, 4.69) is 5.11 Å².